The van der Waals surface area contributed by atoms with Gasteiger partial charge in [0, 0.05) is 0 Å². The molecule has 1 N–H and O–H groups in total. The lowest BCUT2D eigenvalue weighted by Crippen LogP contribution is -2.26. The fraction of sp³-hybridized carbons (Fsp3) is 0.923. The van der Waals surface area contributed by atoms with E-state index in [-0.39, 0.29) is 10.9 Å². The van der Waals surface area contributed by atoms with Crippen LogP contribution in [-0.4, -0.2) is 20.0 Å². The van der Waals surface area contributed by atoms with Crippen molar-refractivity contribution in [3.8, 4) is 0 Å². The van der Waals surface area contributed by atoms with Gasteiger partial charge in [-0.2, -0.15) is 10.9 Å². The van der Waals surface area contributed by atoms with Crippen LogP contribution in [0, 0.1) is 0 Å². The summed E-state index contributed by atoms with van der Waals surface area (Å²) >= 11 is 5.16. The monoisotopic (exact) mass is 260 g/mol. The van der Waals surface area contributed by atoms with E-state index in [0.717, 1.165) is 10.5 Å². The molecule has 0 aliphatic heterocycles. The highest BCUT2D eigenvalue weighted by molar-refractivity contribution is 8.36. The van der Waals surface area contributed by atoms with Crippen molar-refractivity contribution >= 4 is 27.5 Å². The summed E-state index contributed by atoms with van der Waals surface area (Å²) in [6.45, 7) is 0. The molecule has 2 saturated carbocycles. The first kappa shape index (κ1) is 12.7. The number of thiol groups is 1. The summed E-state index contributed by atoms with van der Waals surface area (Å²) in [5, 5.41) is 11.4. The maximum Gasteiger partial charge on any atom is 0.197 e. The van der Waals surface area contributed by atoms with Crippen molar-refractivity contribution in [2.45, 2.75) is 74.7 Å². The second-order valence-electron chi connectivity index (χ2n) is 5.27. The third kappa shape index (κ3) is 3.13. The number of rotatable bonds is 2. The van der Waals surface area contributed by atoms with Crippen LogP contribution in [0.5, 0.6) is 0 Å². The van der Waals surface area contributed by atoms with E-state index in [1.165, 1.54) is 64.2 Å². The van der Waals surface area contributed by atoms with Gasteiger partial charge in [0.15, 0.2) is 4.38 Å². The molecule has 16 heavy (non-hydrogen) atoms. The summed E-state index contributed by atoms with van der Waals surface area (Å²) in [6.07, 6.45) is 13.5. The smallest absolute Gasteiger partial charge is 0.197 e. The van der Waals surface area contributed by atoms with E-state index in [0.29, 0.717) is 4.38 Å². The molecule has 0 heterocycles. The average Bonchev–Trinajstić information content (AvgIpc) is 2.31. The molecule has 0 saturated heterocycles. The van der Waals surface area contributed by atoms with Crippen molar-refractivity contribution in [2.75, 3.05) is 0 Å². The fourth-order valence-corrected chi connectivity index (χ4v) is 7.29. The minimum absolute atomic E-state index is 0.369. The van der Waals surface area contributed by atoms with Crippen LogP contribution in [0.25, 0.3) is 0 Å². The zero-order valence-electron chi connectivity index (χ0n) is 10.0. The van der Waals surface area contributed by atoms with E-state index in [1.54, 1.807) is 0 Å². The molecule has 0 amide bonds. The van der Waals surface area contributed by atoms with Crippen LogP contribution in [0.1, 0.15) is 64.2 Å². The molecule has 2 fully saturated rings. The van der Waals surface area contributed by atoms with E-state index in [4.69, 9.17) is 12.2 Å². The van der Waals surface area contributed by atoms with Gasteiger partial charge in [-0.15, -0.1) is 0 Å². The van der Waals surface area contributed by atoms with Crippen molar-refractivity contribution in [1.82, 2.24) is 0 Å². The van der Waals surface area contributed by atoms with Crippen LogP contribution in [0.3, 0.4) is 0 Å². The zero-order chi connectivity index (χ0) is 11.4. The van der Waals surface area contributed by atoms with E-state index < -0.39 is 0 Å². The normalized spacial score (nSPS) is 25.4. The molecule has 0 aromatic heterocycles. The molecule has 2 rings (SSSR count). The lowest BCUT2D eigenvalue weighted by molar-refractivity contribution is 0.490. The van der Waals surface area contributed by atoms with Gasteiger partial charge >= 0.3 is 0 Å². The summed E-state index contributed by atoms with van der Waals surface area (Å²) in [5.41, 5.74) is 0. The predicted molar refractivity (Wildman–Crippen MR) is 78.0 cm³/mol. The molecular weight excluding hydrogens is 236 g/mol. The minimum Gasteiger partial charge on any atom is -0.495 e. The topological polar surface area (TPSA) is 20.2 Å². The number of aliphatic hydroxyl groups is 1. The third-order valence-electron chi connectivity index (χ3n) is 4.16. The van der Waals surface area contributed by atoms with E-state index >= 15 is 0 Å². The highest BCUT2D eigenvalue weighted by Gasteiger charge is 2.30. The molecule has 2 aliphatic carbocycles. The Morgan fingerprint density at radius 3 is 1.50 bits per heavy atom. The molecule has 2 aliphatic rings. The molecule has 0 aromatic carbocycles. The van der Waals surface area contributed by atoms with Crippen LogP contribution in [0.15, 0.2) is 0 Å². The number of hydrogen-bond acceptors (Lipinski definition) is 1. The molecule has 3 heteroatoms. The van der Waals surface area contributed by atoms with Crippen molar-refractivity contribution in [3.63, 3.8) is 0 Å². The maximum absolute atomic E-state index is 9.88. The molecule has 0 bridgehead atoms. The Kier molecular flexibility index (Phi) is 4.96. The lowest BCUT2D eigenvalue weighted by Gasteiger charge is -2.39. The van der Waals surface area contributed by atoms with Gasteiger partial charge in [0.2, 0.25) is 0 Å². The SMILES string of the molecule is OC(=S)[SH](C1CCCCC1)C1CCCCC1. The fourth-order valence-electron chi connectivity index (χ4n) is 3.33. The highest BCUT2D eigenvalue weighted by Crippen LogP contribution is 2.49. The van der Waals surface area contributed by atoms with Crippen LogP contribution in [0.4, 0.5) is 0 Å². The summed E-state index contributed by atoms with van der Waals surface area (Å²) in [4.78, 5) is 0. The Morgan fingerprint density at radius 2 is 1.19 bits per heavy atom. The van der Waals surface area contributed by atoms with Gasteiger partial charge < -0.3 is 5.11 Å². The van der Waals surface area contributed by atoms with Crippen molar-refractivity contribution in [2.24, 2.45) is 0 Å². The standard InChI is InChI=1S/C13H24OS2/c14-13(15)16(11-7-3-1-4-8-11)12-9-5-2-6-10-12/h11-12,16H,1-10H2,(H,14,15). The van der Waals surface area contributed by atoms with Crippen LogP contribution in [-0.2, 0) is 0 Å². The summed E-state index contributed by atoms with van der Waals surface area (Å²) in [5.74, 6) is 0. The van der Waals surface area contributed by atoms with E-state index in [2.05, 4.69) is 0 Å². The number of aliphatic hydroxyl groups excluding tert-OH is 1. The number of hydrogen-bond donors (Lipinski definition) is 2. The summed E-state index contributed by atoms with van der Waals surface area (Å²) < 4.78 is 0.383. The second-order valence-corrected chi connectivity index (χ2v) is 8.66. The molecular formula is C13H24OS2. The third-order valence-corrected chi connectivity index (χ3v) is 7.84. The Balaban J connectivity index is 1.99. The van der Waals surface area contributed by atoms with E-state index in [1.807, 2.05) is 0 Å². The van der Waals surface area contributed by atoms with Crippen LogP contribution < -0.4 is 0 Å². The van der Waals surface area contributed by atoms with Crippen molar-refractivity contribution in [1.29, 1.82) is 0 Å². The summed E-state index contributed by atoms with van der Waals surface area (Å²) in [7, 11) is -0.369. The van der Waals surface area contributed by atoms with Gasteiger partial charge in [0.25, 0.3) is 0 Å². The molecule has 1 nitrogen and oxygen atoms in total. The van der Waals surface area contributed by atoms with E-state index in [9.17, 15) is 5.11 Å². The Labute approximate surface area is 107 Å². The molecule has 0 spiro atoms. The van der Waals surface area contributed by atoms with Crippen molar-refractivity contribution < 1.29 is 5.11 Å². The Bertz CT molecular complexity index is 212. The Hall–Kier alpha value is 0.240. The van der Waals surface area contributed by atoms with Crippen LogP contribution >= 0.6 is 23.1 Å². The van der Waals surface area contributed by atoms with Gasteiger partial charge in [-0.1, -0.05) is 38.5 Å². The molecule has 0 aromatic rings. The summed E-state index contributed by atoms with van der Waals surface area (Å²) in [6, 6.07) is 0. The molecule has 0 atom stereocenters. The first-order valence-electron chi connectivity index (χ1n) is 6.80. The first-order valence-corrected chi connectivity index (χ1v) is 8.69. The minimum atomic E-state index is -0.369. The quantitative estimate of drug-likeness (QED) is 0.563. The Morgan fingerprint density at radius 1 is 0.812 bits per heavy atom. The maximum atomic E-state index is 9.88. The van der Waals surface area contributed by atoms with Gasteiger partial charge in [0.05, 0.1) is 0 Å². The van der Waals surface area contributed by atoms with Gasteiger partial charge in [-0.3, -0.25) is 0 Å². The van der Waals surface area contributed by atoms with Crippen molar-refractivity contribution in [3.05, 3.63) is 0 Å². The lowest BCUT2D eigenvalue weighted by atomic mass is 10.00. The second kappa shape index (κ2) is 6.25. The number of thiocarbonyl (C=S) groups is 1. The van der Waals surface area contributed by atoms with Gasteiger partial charge in [-0.05, 0) is 48.4 Å². The molecule has 0 radical (unpaired) electrons. The van der Waals surface area contributed by atoms with Gasteiger partial charge in [-0.25, -0.2) is 0 Å². The molecule has 0 unspecified atom stereocenters. The van der Waals surface area contributed by atoms with Gasteiger partial charge in [0.1, 0.15) is 0 Å². The zero-order valence-corrected chi connectivity index (χ0v) is 11.7. The highest BCUT2D eigenvalue weighted by atomic mass is 32.2. The first-order chi connectivity index (χ1) is 7.79. The largest absolute Gasteiger partial charge is 0.495 e. The predicted octanol–water partition coefficient (Wildman–Crippen LogP) is 4.50. The molecule has 94 valence electrons. The average molecular weight is 260 g/mol. The van der Waals surface area contributed by atoms with Crippen LogP contribution in [0.2, 0.25) is 0 Å².